The van der Waals surface area contributed by atoms with Gasteiger partial charge in [-0.2, -0.15) is 0 Å². The van der Waals surface area contributed by atoms with Crippen molar-refractivity contribution in [1.29, 1.82) is 0 Å². The lowest BCUT2D eigenvalue weighted by atomic mass is 10.0. The number of nitro groups is 1. The maximum atomic E-state index is 11.2. The van der Waals surface area contributed by atoms with Crippen LogP contribution in [0.2, 0.25) is 0 Å². The molecule has 0 N–H and O–H groups in total. The Kier molecular flexibility index (Phi) is 2.45. The van der Waals surface area contributed by atoms with Crippen LogP contribution in [0, 0.1) is 24.0 Å². The van der Waals surface area contributed by atoms with E-state index >= 15 is 0 Å². The molecule has 0 unspecified atom stereocenters. The van der Waals surface area contributed by atoms with E-state index in [-0.39, 0.29) is 10.6 Å². The number of nitrogens with zero attached hydrogens (tertiary/aromatic N) is 2. The van der Waals surface area contributed by atoms with Gasteiger partial charge in [-0.05, 0) is 37.1 Å². The van der Waals surface area contributed by atoms with Crippen molar-refractivity contribution in [1.82, 2.24) is 4.98 Å². The molecular weight excluding hydrogens is 240 g/mol. The van der Waals surface area contributed by atoms with Gasteiger partial charge in [0.1, 0.15) is 0 Å². The normalized spacial score (nSPS) is 11.1. The maximum absolute atomic E-state index is 11.2. The van der Waals surface area contributed by atoms with E-state index in [4.69, 9.17) is 0 Å². The molecule has 0 aliphatic carbocycles. The predicted molar refractivity (Wildman–Crippen MR) is 75.4 cm³/mol. The van der Waals surface area contributed by atoms with Crippen LogP contribution in [0.1, 0.15) is 11.1 Å². The van der Waals surface area contributed by atoms with E-state index in [1.54, 1.807) is 12.3 Å². The standard InChI is InChI=1S/C15H12N2O2/c1-9-6-12-13(7-10(9)2)16-8-11-4-3-5-14(15(11)12)17(18)19/h3-8H,1-2H3. The van der Waals surface area contributed by atoms with Crippen molar-refractivity contribution in [2.24, 2.45) is 0 Å². The molecule has 4 nitrogen and oxygen atoms in total. The summed E-state index contributed by atoms with van der Waals surface area (Å²) in [6.45, 7) is 4.02. The maximum Gasteiger partial charge on any atom is 0.277 e. The number of rotatable bonds is 1. The zero-order chi connectivity index (χ0) is 13.6. The molecule has 3 aromatic rings. The summed E-state index contributed by atoms with van der Waals surface area (Å²) in [6.07, 6.45) is 1.69. The van der Waals surface area contributed by atoms with Gasteiger partial charge in [-0.1, -0.05) is 12.1 Å². The van der Waals surface area contributed by atoms with Crippen molar-refractivity contribution in [3.05, 3.63) is 57.8 Å². The molecule has 4 heteroatoms. The van der Waals surface area contributed by atoms with Gasteiger partial charge < -0.3 is 0 Å². The fourth-order valence-electron chi connectivity index (χ4n) is 2.36. The molecule has 0 spiro atoms. The zero-order valence-corrected chi connectivity index (χ0v) is 10.7. The van der Waals surface area contributed by atoms with Crippen LogP contribution >= 0.6 is 0 Å². The Bertz CT molecular complexity index is 825. The summed E-state index contributed by atoms with van der Waals surface area (Å²) in [5.41, 5.74) is 3.18. The first-order chi connectivity index (χ1) is 9.08. The van der Waals surface area contributed by atoms with E-state index in [9.17, 15) is 10.1 Å². The highest BCUT2D eigenvalue weighted by Gasteiger charge is 2.15. The average Bonchev–Trinajstić information content (AvgIpc) is 2.39. The topological polar surface area (TPSA) is 56.0 Å². The van der Waals surface area contributed by atoms with Crippen LogP contribution in [0.25, 0.3) is 21.7 Å². The predicted octanol–water partition coefficient (Wildman–Crippen LogP) is 3.91. The number of fused-ring (bicyclic) bond motifs is 3. The number of benzene rings is 2. The molecule has 2 aromatic carbocycles. The first-order valence-electron chi connectivity index (χ1n) is 6.01. The molecule has 0 aliphatic heterocycles. The highest BCUT2D eigenvalue weighted by Crippen LogP contribution is 2.32. The molecule has 0 saturated carbocycles. The van der Waals surface area contributed by atoms with Gasteiger partial charge >= 0.3 is 0 Å². The molecule has 0 atom stereocenters. The molecule has 0 saturated heterocycles. The van der Waals surface area contributed by atoms with Crippen LogP contribution in [-0.2, 0) is 0 Å². The Balaban J connectivity index is 2.57. The molecule has 0 bridgehead atoms. The number of non-ortho nitro benzene ring substituents is 1. The number of aromatic nitrogens is 1. The summed E-state index contributed by atoms with van der Waals surface area (Å²) in [6, 6.07) is 9.03. The molecule has 19 heavy (non-hydrogen) atoms. The SMILES string of the molecule is Cc1cc2ncc3cccc([N+](=O)[O-])c3c2cc1C. The van der Waals surface area contributed by atoms with Crippen molar-refractivity contribution in [2.45, 2.75) is 13.8 Å². The van der Waals surface area contributed by atoms with E-state index in [1.165, 1.54) is 6.07 Å². The number of pyridine rings is 1. The van der Waals surface area contributed by atoms with E-state index in [2.05, 4.69) is 4.98 Å². The third-order valence-electron chi connectivity index (χ3n) is 3.50. The number of hydrogen-bond donors (Lipinski definition) is 0. The summed E-state index contributed by atoms with van der Waals surface area (Å²) in [5.74, 6) is 0. The van der Waals surface area contributed by atoms with E-state index in [0.717, 1.165) is 27.4 Å². The first-order valence-corrected chi connectivity index (χ1v) is 6.01. The van der Waals surface area contributed by atoms with Gasteiger partial charge in [-0.25, -0.2) is 0 Å². The van der Waals surface area contributed by atoms with Crippen LogP contribution in [0.5, 0.6) is 0 Å². The molecule has 3 rings (SSSR count). The van der Waals surface area contributed by atoms with Gasteiger partial charge in [0.05, 0.1) is 15.8 Å². The minimum atomic E-state index is -0.336. The average molecular weight is 252 g/mol. The number of hydrogen-bond acceptors (Lipinski definition) is 3. The lowest BCUT2D eigenvalue weighted by Gasteiger charge is -2.07. The van der Waals surface area contributed by atoms with Crippen molar-refractivity contribution >= 4 is 27.4 Å². The Morgan fingerprint density at radius 2 is 1.89 bits per heavy atom. The van der Waals surface area contributed by atoms with Crippen LogP contribution in [0.15, 0.2) is 36.5 Å². The summed E-state index contributed by atoms with van der Waals surface area (Å²) < 4.78 is 0. The van der Waals surface area contributed by atoms with E-state index < -0.39 is 0 Å². The third-order valence-corrected chi connectivity index (χ3v) is 3.50. The lowest BCUT2D eigenvalue weighted by Crippen LogP contribution is -1.92. The Labute approximate surface area is 109 Å². The first kappa shape index (κ1) is 11.6. The third kappa shape index (κ3) is 1.73. The lowest BCUT2D eigenvalue weighted by molar-refractivity contribution is -0.383. The fraction of sp³-hybridized carbons (Fsp3) is 0.133. The Morgan fingerprint density at radius 1 is 1.16 bits per heavy atom. The molecule has 1 heterocycles. The smallest absolute Gasteiger partial charge is 0.258 e. The van der Waals surface area contributed by atoms with E-state index in [0.29, 0.717) is 5.39 Å². The second kappa shape index (κ2) is 4.02. The monoisotopic (exact) mass is 252 g/mol. The summed E-state index contributed by atoms with van der Waals surface area (Å²) >= 11 is 0. The minimum Gasteiger partial charge on any atom is -0.258 e. The molecular formula is C15H12N2O2. The van der Waals surface area contributed by atoms with Crippen molar-refractivity contribution in [2.75, 3.05) is 0 Å². The number of aryl methyl sites for hydroxylation is 2. The minimum absolute atomic E-state index is 0.133. The van der Waals surface area contributed by atoms with Crippen LogP contribution in [0.4, 0.5) is 5.69 Å². The van der Waals surface area contributed by atoms with Gasteiger partial charge in [0, 0.05) is 23.0 Å². The highest BCUT2D eigenvalue weighted by molar-refractivity contribution is 6.10. The fourth-order valence-corrected chi connectivity index (χ4v) is 2.36. The van der Waals surface area contributed by atoms with Crippen molar-refractivity contribution < 1.29 is 4.92 Å². The molecule has 0 fully saturated rings. The molecule has 0 amide bonds. The summed E-state index contributed by atoms with van der Waals surface area (Å²) in [7, 11) is 0. The highest BCUT2D eigenvalue weighted by atomic mass is 16.6. The Hall–Kier alpha value is -2.49. The molecule has 0 aliphatic rings. The number of nitro benzene ring substituents is 1. The van der Waals surface area contributed by atoms with Gasteiger partial charge in [-0.3, -0.25) is 15.1 Å². The molecule has 0 radical (unpaired) electrons. The van der Waals surface area contributed by atoms with Gasteiger partial charge in [0.25, 0.3) is 5.69 Å². The van der Waals surface area contributed by atoms with Crippen LogP contribution in [-0.4, -0.2) is 9.91 Å². The second-order valence-electron chi connectivity index (χ2n) is 4.71. The Morgan fingerprint density at radius 3 is 2.63 bits per heavy atom. The van der Waals surface area contributed by atoms with Gasteiger partial charge in [0.15, 0.2) is 0 Å². The van der Waals surface area contributed by atoms with Gasteiger partial charge in [0.2, 0.25) is 0 Å². The van der Waals surface area contributed by atoms with E-state index in [1.807, 2.05) is 32.0 Å². The zero-order valence-electron chi connectivity index (χ0n) is 10.7. The van der Waals surface area contributed by atoms with Crippen LogP contribution < -0.4 is 0 Å². The van der Waals surface area contributed by atoms with Crippen molar-refractivity contribution in [3.63, 3.8) is 0 Å². The van der Waals surface area contributed by atoms with Crippen LogP contribution in [0.3, 0.4) is 0 Å². The largest absolute Gasteiger partial charge is 0.277 e. The molecule has 94 valence electrons. The summed E-state index contributed by atoms with van der Waals surface area (Å²) in [5, 5.41) is 13.5. The summed E-state index contributed by atoms with van der Waals surface area (Å²) in [4.78, 5) is 15.2. The van der Waals surface area contributed by atoms with Gasteiger partial charge in [-0.15, -0.1) is 0 Å². The second-order valence-corrected chi connectivity index (χ2v) is 4.71. The van der Waals surface area contributed by atoms with Crippen molar-refractivity contribution in [3.8, 4) is 0 Å². The molecule has 1 aromatic heterocycles. The quantitative estimate of drug-likeness (QED) is 0.375.